The van der Waals surface area contributed by atoms with E-state index < -0.39 is 23.6 Å². The van der Waals surface area contributed by atoms with E-state index in [0.29, 0.717) is 4.47 Å². The van der Waals surface area contributed by atoms with E-state index in [0.717, 1.165) is 6.07 Å². The molecule has 0 fully saturated rings. The maximum Gasteiger partial charge on any atom is 0.307 e. The van der Waals surface area contributed by atoms with Crippen LogP contribution in [0.25, 0.3) is 0 Å². The van der Waals surface area contributed by atoms with Gasteiger partial charge in [-0.3, -0.25) is 4.79 Å². The highest BCUT2D eigenvalue weighted by Crippen LogP contribution is 2.25. The minimum absolute atomic E-state index is 0.0510. The third kappa shape index (κ3) is 3.74. The summed E-state index contributed by atoms with van der Waals surface area (Å²) >= 11 is 3.03. The monoisotopic (exact) mass is 307 g/mol. The van der Waals surface area contributed by atoms with Crippen molar-refractivity contribution in [3.05, 3.63) is 33.8 Å². The van der Waals surface area contributed by atoms with Crippen LogP contribution < -0.4 is 5.73 Å². The van der Waals surface area contributed by atoms with Crippen molar-refractivity contribution in [3.63, 3.8) is 0 Å². The van der Waals surface area contributed by atoms with Crippen molar-refractivity contribution >= 4 is 21.9 Å². The van der Waals surface area contributed by atoms with E-state index >= 15 is 0 Å². The predicted octanol–water partition coefficient (Wildman–Crippen LogP) is 2.68. The van der Waals surface area contributed by atoms with E-state index in [1.807, 2.05) is 0 Å². The lowest BCUT2D eigenvalue weighted by Crippen LogP contribution is -2.19. The molecule has 2 N–H and O–H groups in total. The Labute approximate surface area is 106 Å². The second kappa shape index (κ2) is 6.07. The topological polar surface area (TPSA) is 52.3 Å². The molecule has 1 aromatic rings. The first-order valence-corrected chi connectivity index (χ1v) is 5.80. The molecule has 0 spiro atoms. The molecule has 0 aliphatic rings. The number of hydrogen-bond acceptors (Lipinski definition) is 3. The van der Waals surface area contributed by atoms with Crippen LogP contribution in [0.15, 0.2) is 16.6 Å². The summed E-state index contributed by atoms with van der Waals surface area (Å²) in [7, 11) is 0. The minimum atomic E-state index is -1.04. The first kappa shape index (κ1) is 14.1. The van der Waals surface area contributed by atoms with Gasteiger partial charge < -0.3 is 10.5 Å². The van der Waals surface area contributed by atoms with Crippen LogP contribution in [0.1, 0.15) is 24.9 Å². The zero-order valence-corrected chi connectivity index (χ0v) is 10.8. The molecule has 0 saturated heterocycles. The Morgan fingerprint density at radius 1 is 1.53 bits per heavy atom. The highest BCUT2D eigenvalue weighted by molar-refractivity contribution is 9.10. The number of ether oxygens (including phenoxy) is 1. The van der Waals surface area contributed by atoms with E-state index in [2.05, 4.69) is 20.7 Å². The van der Waals surface area contributed by atoms with Crippen LogP contribution in [0.2, 0.25) is 0 Å². The van der Waals surface area contributed by atoms with E-state index in [9.17, 15) is 13.6 Å². The van der Waals surface area contributed by atoms with Crippen molar-refractivity contribution in [2.75, 3.05) is 6.61 Å². The molecule has 1 atom stereocenters. The first-order valence-electron chi connectivity index (χ1n) is 5.01. The lowest BCUT2D eigenvalue weighted by atomic mass is 10.0. The summed E-state index contributed by atoms with van der Waals surface area (Å²) in [5.74, 6) is -2.58. The van der Waals surface area contributed by atoms with Gasteiger partial charge >= 0.3 is 5.97 Å². The molecule has 0 unspecified atom stereocenters. The molecule has 0 aliphatic heterocycles. The van der Waals surface area contributed by atoms with Crippen molar-refractivity contribution in [2.45, 2.75) is 19.4 Å². The molecular formula is C11H12BrF2NO2. The molecule has 0 amide bonds. The first-order chi connectivity index (χ1) is 7.95. The van der Waals surface area contributed by atoms with Crippen molar-refractivity contribution in [1.82, 2.24) is 0 Å². The number of hydrogen-bond donors (Lipinski definition) is 1. The summed E-state index contributed by atoms with van der Waals surface area (Å²) in [5, 5.41) is 0. The van der Waals surface area contributed by atoms with Gasteiger partial charge in [0, 0.05) is 16.1 Å². The fourth-order valence-electron chi connectivity index (χ4n) is 1.36. The second-order valence-corrected chi connectivity index (χ2v) is 4.32. The highest BCUT2D eigenvalue weighted by Gasteiger charge is 2.19. The van der Waals surface area contributed by atoms with E-state index in [-0.39, 0.29) is 18.6 Å². The van der Waals surface area contributed by atoms with Crippen molar-refractivity contribution in [1.29, 1.82) is 0 Å². The number of nitrogens with two attached hydrogens (primary N) is 1. The molecule has 3 nitrogen and oxygen atoms in total. The summed E-state index contributed by atoms with van der Waals surface area (Å²) in [6, 6.07) is 1.42. The van der Waals surface area contributed by atoms with E-state index in [4.69, 9.17) is 5.73 Å². The molecule has 94 valence electrons. The normalized spacial score (nSPS) is 12.3. The lowest BCUT2D eigenvalue weighted by Gasteiger charge is -2.13. The molecule has 0 aliphatic carbocycles. The van der Waals surface area contributed by atoms with Crippen molar-refractivity contribution in [3.8, 4) is 0 Å². The van der Waals surface area contributed by atoms with Crippen molar-refractivity contribution in [2.24, 2.45) is 5.73 Å². The van der Waals surface area contributed by atoms with Crippen LogP contribution in [-0.4, -0.2) is 12.6 Å². The van der Waals surface area contributed by atoms with Gasteiger partial charge in [-0.15, -0.1) is 0 Å². The molecule has 0 bridgehead atoms. The third-order valence-corrected chi connectivity index (χ3v) is 2.57. The van der Waals surface area contributed by atoms with Gasteiger partial charge in [-0.05, 0) is 19.1 Å². The second-order valence-electron chi connectivity index (χ2n) is 3.41. The van der Waals surface area contributed by atoms with Crippen LogP contribution >= 0.6 is 15.9 Å². The molecule has 0 heterocycles. The Hall–Kier alpha value is -1.01. The fourth-order valence-corrected chi connectivity index (χ4v) is 1.80. The largest absolute Gasteiger partial charge is 0.466 e. The van der Waals surface area contributed by atoms with Gasteiger partial charge in [0.1, 0.15) is 0 Å². The standard InChI is InChI=1S/C11H12BrF2NO2/c1-2-17-10(16)5-9(15)7-3-6(12)4-8(13)11(7)14/h3-4,9H,2,5,15H2,1H3/t9-/m0/s1. The molecular weight excluding hydrogens is 296 g/mol. The summed E-state index contributed by atoms with van der Waals surface area (Å²) < 4.78 is 31.6. The number of rotatable bonds is 4. The Morgan fingerprint density at radius 3 is 2.76 bits per heavy atom. The maximum absolute atomic E-state index is 13.4. The Balaban J connectivity index is 2.88. The van der Waals surface area contributed by atoms with Gasteiger partial charge in [0.15, 0.2) is 11.6 Å². The Bertz CT molecular complexity index is 426. The van der Waals surface area contributed by atoms with Crippen LogP contribution in [0.5, 0.6) is 0 Å². The molecule has 0 aromatic heterocycles. The third-order valence-electron chi connectivity index (χ3n) is 2.11. The summed E-state index contributed by atoms with van der Waals surface area (Å²) in [5.41, 5.74) is 5.59. The summed E-state index contributed by atoms with van der Waals surface area (Å²) in [6.07, 6.45) is -0.194. The molecule has 0 radical (unpaired) electrons. The van der Waals surface area contributed by atoms with Crippen molar-refractivity contribution < 1.29 is 18.3 Å². The Kier molecular flexibility index (Phi) is 5.02. The lowest BCUT2D eigenvalue weighted by molar-refractivity contribution is -0.143. The smallest absolute Gasteiger partial charge is 0.307 e. The number of halogens is 3. The summed E-state index contributed by atoms with van der Waals surface area (Å²) in [4.78, 5) is 11.2. The number of esters is 1. The highest BCUT2D eigenvalue weighted by atomic mass is 79.9. The summed E-state index contributed by atoms with van der Waals surface area (Å²) in [6.45, 7) is 1.88. The van der Waals surface area contributed by atoms with Gasteiger partial charge in [-0.2, -0.15) is 0 Å². The number of carbonyl (C=O) groups is 1. The maximum atomic E-state index is 13.4. The van der Waals surface area contributed by atoms with Gasteiger partial charge in [0.2, 0.25) is 0 Å². The molecule has 17 heavy (non-hydrogen) atoms. The Morgan fingerprint density at radius 2 is 2.18 bits per heavy atom. The van der Waals surface area contributed by atoms with Crippen LogP contribution in [-0.2, 0) is 9.53 Å². The van der Waals surface area contributed by atoms with Gasteiger partial charge in [-0.1, -0.05) is 15.9 Å². The number of benzene rings is 1. The van der Waals surface area contributed by atoms with E-state index in [1.165, 1.54) is 6.07 Å². The fraction of sp³-hybridized carbons (Fsp3) is 0.364. The minimum Gasteiger partial charge on any atom is -0.466 e. The van der Waals surface area contributed by atoms with Crippen LogP contribution in [0.3, 0.4) is 0 Å². The zero-order valence-electron chi connectivity index (χ0n) is 9.17. The molecule has 6 heteroatoms. The van der Waals surface area contributed by atoms with Crippen LogP contribution in [0.4, 0.5) is 8.78 Å². The van der Waals surface area contributed by atoms with Gasteiger partial charge in [-0.25, -0.2) is 8.78 Å². The van der Waals surface area contributed by atoms with Crippen LogP contribution in [0, 0.1) is 11.6 Å². The van der Waals surface area contributed by atoms with Gasteiger partial charge in [0.05, 0.1) is 13.0 Å². The molecule has 1 aromatic carbocycles. The molecule has 1 rings (SSSR count). The number of carbonyl (C=O) groups excluding carboxylic acids is 1. The average molecular weight is 308 g/mol. The molecule has 0 saturated carbocycles. The zero-order chi connectivity index (χ0) is 13.0. The van der Waals surface area contributed by atoms with Gasteiger partial charge in [0.25, 0.3) is 0 Å². The average Bonchev–Trinajstić information content (AvgIpc) is 2.23. The quantitative estimate of drug-likeness (QED) is 0.687. The van der Waals surface area contributed by atoms with E-state index in [1.54, 1.807) is 6.92 Å². The predicted molar refractivity (Wildman–Crippen MR) is 62.2 cm³/mol. The SMILES string of the molecule is CCOC(=O)C[C@H](N)c1cc(Br)cc(F)c1F.